The van der Waals surface area contributed by atoms with Crippen molar-refractivity contribution in [3.63, 3.8) is 0 Å². The number of imidazole rings is 4. The second-order valence-electron chi connectivity index (χ2n) is 25.3. The van der Waals surface area contributed by atoms with Crippen LogP contribution in [0.15, 0.2) is 186 Å². The Balaban J connectivity index is 0.000000199. The summed E-state index contributed by atoms with van der Waals surface area (Å²) in [5.41, 5.74) is 25.2. The lowest BCUT2D eigenvalue weighted by Crippen LogP contribution is -3.00. The number of nitrogens with one attached hydrogen (secondary N) is 1. The van der Waals surface area contributed by atoms with Crippen molar-refractivity contribution in [3.05, 3.63) is 214 Å². The number of benzene rings is 2. The number of nitrogen functional groups attached to an aromatic ring is 2. The van der Waals surface area contributed by atoms with Crippen molar-refractivity contribution in [2.45, 2.75) is 105 Å². The number of anilines is 2. The number of phosphoric acid groups is 4. The molecule has 0 bridgehead atoms. The van der Waals surface area contributed by atoms with Gasteiger partial charge in [0.25, 0.3) is 39.9 Å². The van der Waals surface area contributed by atoms with Crippen LogP contribution in [0.5, 0.6) is 0 Å². The molecular weight excluding hydrogens is 1660 g/mol. The van der Waals surface area contributed by atoms with E-state index in [0.29, 0.717) is 0 Å². The Morgan fingerprint density at radius 3 is 1.35 bits per heavy atom. The molecule has 118 heavy (non-hydrogen) atoms. The molecule has 12 heterocycles. The van der Waals surface area contributed by atoms with Crippen LogP contribution in [-0.2, 0) is 70.5 Å². The number of primary amides is 2. The number of amides is 2. The van der Waals surface area contributed by atoms with E-state index in [4.69, 9.17) is 41.9 Å². The third-order valence-corrected chi connectivity index (χ3v) is 22.5. The molecule has 0 spiro atoms. The normalized spacial score (nSPS) is 25.8. The number of H-pyrrole nitrogens is 1. The van der Waals surface area contributed by atoms with Gasteiger partial charge < -0.3 is 129 Å². The van der Waals surface area contributed by atoms with E-state index < -0.39 is 168 Å². The van der Waals surface area contributed by atoms with Gasteiger partial charge in [-0.2, -0.15) is 9.13 Å². The minimum atomic E-state index is -5.62. The summed E-state index contributed by atoms with van der Waals surface area (Å²) in [6, 6.07) is 26.1. The molecule has 46 nitrogen and oxygen atoms in total. The van der Waals surface area contributed by atoms with Crippen molar-refractivity contribution < 1.29 is 160 Å². The number of pyridine rings is 2. The number of aliphatic hydroxyl groups excluding tert-OH is 8. The standard InChI is InChI=1S/2C21H27N7O14P2.C12H13N2.C8H8.C5H6N2.ClH/c2*22-17-12-19(25-7-24-17)28(8-26-12)21-16(32)14(30)11(41-21)6-39-44(36,37)42-43(34,35)38-5-10-13(29)15(31)20(40-10)27-3-1-2-9(4-27)18(23)33;1-2-13-8-9-14(11-13)10-12-6-4-3-5-7-12;1-2-8-6-4-3-5-7-8;1-2-5-6-3-4-7-5;/h2*1-4,7-8,10-11,13-16,20-21,29-32H,5-6H2,(H5-,22,23,24,25,33,34,35,36,37);2-9,11H,1,10H2;2-7H,1H2;2-4H,1H2,(H,6,7);1H/q;;+1;;;/p-1/t2*10-,11-,13-,14-,15-,16-,20-,21-;;;;/m11..../s1. The lowest BCUT2D eigenvalue weighted by Gasteiger charge is -2.26. The molecule has 2 amide bonds. The van der Waals surface area contributed by atoms with Crippen LogP contribution in [0.2, 0.25) is 0 Å². The molecule has 4 unspecified atom stereocenters. The topological polar surface area (TPSA) is 680 Å². The molecular formula is C67H81ClN18O28P4. The van der Waals surface area contributed by atoms with Crippen molar-refractivity contribution in [2.75, 3.05) is 37.9 Å². The number of phosphoric ester groups is 4. The highest BCUT2D eigenvalue weighted by molar-refractivity contribution is 7.61. The van der Waals surface area contributed by atoms with E-state index in [-0.39, 0.29) is 57.5 Å². The first-order valence-electron chi connectivity index (χ1n) is 34.4. The molecule has 4 fully saturated rings. The Hall–Kier alpha value is -9.65. The molecule has 0 aliphatic carbocycles. The average Bonchev–Trinajstić information content (AvgIpc) is 1.63. The molecule has 4 aliphatic heterocycles. The Morgan fingerprint density at radius 1 is 0.542 bits per heavy atom. The first-order chi connectivity index (χ1) is 55.6. The zero-order valence-corrected chi connectivity index (χ0v) is 65.7. The fraction of sp³-hybridized carbons (Fsp3) is 0.313. The third-order valence-electron chi connectivity index (χ3n) is 17.4. The summed E-state index contributed by atoms with van der Waals surface area (Å²) in [6.07, 6.45) is 0.655. The van der Waals surface area contributed by atoms with Gasteiger partial charge in [-0.05, 0) is 29.3 Å². The van der Waals surface area contributed by atoms with Gasteiger partial charge in [0.1, 0.15) is 121 Å². The van der Waals surface area contributed by atoms with Gasteiger partial charge in [-0.1, -0.05) is 86.5 Å². The van der Waals surface area contributed by atoms with Gasteiger partial charge in [0.15, 0.2) is 72.4 Å². The maximum Gasteiger partial charge on any atom is 0.478 e. The number of aliphatic hydroxyl groups is 8. The molecule has 19 N–H and O–H groups in total. The predicted octanol–water partition coefficient (Wildman–Crippen LogP) is -4.99. The summed E-state index contributed by atoms with van der Waals surface area (Å²) in [6.45, 7) is 7.97. The van der Waals surface area contributed by atoms with Crippen LogP contribution >= 0.6 is 31.3 Å². The fourth-order valence-corrected chi connectivity index (χ4v) is 15.6. The predicted molar refractivity (Wildman–Crippen MR) is 396 cm³/mol. The van der Waals surface area contributed by atoms with Gasteiger partial charge in [0.2, 0.25) is 6.33 Å². The van der Waals surface area contributed by atoms with Crippen molar-refractivity contribution in [1.29, 1.82) is 0 Å². The Bertz CT molecular complexity index is 5010. The molecule has 634 valence electrons. The summed E-state index contributed by atoms with van der Waals surface area (Å²) >= 11 is 0. The second-order valence-corrected chi connectivity index (χ2v) is 31.3. The number of hydrogen-bond donors (Lipinski definition) is 15. The van der Waals surface area contributed by atoms with Gasteiger partial charge in [-0.15, -0.1) is 0 Å². The van der Waals surface area contributed by atoms with Crippen LogP contribution in [0, 0.1) is 0 Å². The first-order valence-corrected chi connectivity index (χ1v) is 40.3. The van der Waals surface area contributed by atoms with E-state index in [9.17, 15) is 88.3 Å². The fourth-order valence-electron chi connectivity index (χ4n) is 11.5. The zero-order valence-electron chi connectivity index (χ0n) is 61.3. The summed E-state index contributed by atoms with van der Waals surface area (Å²) in [5.74, 6) is -0.638. The maximum atomic E-state index is 12.4. The van der Waals surface area contributed by atoms with Crippen LogP contribution in [0.1, 0.15) is 62.6 Å². The Labute approximate surface area is 674 Å². The number of fused-ring (bicyclic) bond motifs is 2. The van der Waals surface area contributed by atoms with Gasteiger partial charge in [-0.3, -0.25) is 36.9 Å². The number of halogens is 1. The highest BCUT2D eigenvalue weighted by Gasteiger charge is 2.52. The molecule has 10 aromatic rings. The zero-order chi connectivity index (χ0) is 84.7. The van der Waals surface area contributed by atoms with Crippen LogP contribution < -0.4 is 58.8 Å². The number of nitrogens with two attached hydrogens (primary N) is 4. The monoisotopic (exact) mass is 1740 g/mol. The van der Waals surface area contributed by atoms with Crippen LogP contribution in [0.4, 0.5) is 11.6 Å². The van der Waals surface area contributed by atoms with Crippen LogP contribution in [0.3, 0.4) is 0 Å². The summed E-state index contributed by atoms with van der Waals surface area (Å²) in [7, 11) is -22.1. The molecule has 4 aliphatic rings. The lowest BCUT2D eigenvalue weighted by atomic mass is 10.1. The Morgan fingerprint density at radius 2 is 0.966 bits per heavy atom. The minimum Gasteiger partial charge on any atom is -1.00 e. The summed E-state index contributed by atoms with van der Waals surface area (Å²) in [4.78, 5) is 97.8. The van der Waals surface area contributed by atoms with Crippen molar-refractivity contribution in [2.24, 2.45) is 11.5 Å². The van der Waals surface area contributed by atoms with E-state index in [1.54, 1.807) is 24.7 Å². The largest absolute Gasteiger partial charge is 1.00 e. The van der Waals surface area contributed by atoms with Gasteiger partial charge >= 0.3 is 15.6 Å². The van der Waals surface area contributed by atoms with Crippen molar-refractivity contribution in [3.8, 4) is 0 Å². The second kappa shape index (κ2) is 40.9. The van der Waals surface area contributed by atoms with Gasteiger partial charge in [0.05, 0.1) is 45.3 Å². The van der Waals surface area contributed by atoms with E-state index in [1.165, 1.54) is 91.1 Å². The number of aromatic nitrogens is 14. The summed E-state index contributed by atoms with van der Waals surface area (Å²) in [5, 5.41) is 83.1. The number of carbonyl (C=O) groups is 2. The van der Waals surface area contributed by atoms with E-state index in [2.05, 4.69) is 115 Å². The minimum absolute atomic E-state index is 0. The van der Waals surface area contributed by atoms with Crippen LogP contribution in [0.25, 0.3) is 40.7 Å². The molecule has 14 rings (SSSR count). The molecule has 0 radical (unpaired) electrons. The Kier molecular flexibility index (Phi) is 32.0. The molecule has 8 aromatic heterocycles. The summed E-state index contributed by atoms with van der Waals surface area (Å²) < 4.78 is 107. The number of nitrogens with zero attached hydrogens (tertiary/aromatic N) is 13. The molecule has 2 aromatic carbocycles. The van der Waals surface area contributed by atoms with Gasteiger partial charge in [0, 0.05) is 24.5 Å². The molecule has 20 atom stereocenters. The number of carbonyl (C=O) groups excluding carboxylic acids is 2. The van der Waals surface area contributed by atoms with Crippen LogP contribution in [-0.4, -0.2) is 216 Å². The number of rotatable bonds is 27. The molecule has 4 saturated heterocycles. The van der Waals surface area contributed by atoms with Crippen molar-refractivity contribution >= 4 is 95.4 Å². The third kappa shape index (κ3) is 23.9. The first kappa shape index (κ1) is 92.2. The number of ether oxygens (including phenoxy) is 4. The van der Waals surface area contributed by atoms with E-state index in [1.807, 2.05) is 65.8 Å². The maximum absolute atomic E-state index is 12.4. The highest BCUT2D eigenvalue weighted by Crippen LogP contribution is 2.60. The lowest BCUT2D eigenvalue weighted by molar-refractivity contribution is -0.766. The number of hydrogen-bond acceptors (Lipinski definition) is 35. The van der Waals surface area contributed by atoms with Gasteiger partial charge in [-0.25, -0.2) is 61.8 Å². The molecule has 51 heteroatoms. The highest BCUT2D eigenvalue weighted by atomic mass is 35.5. The SMILES string of the molecule is C=Cc1ccccc1.C=Cc1ncc[nH]1.C=Cn1cc[n+](Cc2ccccc2)c1.NC(=O)c1ccc[n+]([C@@H]2O[C@H](COP(=O)([O-])OP(=O)(O)OC[C@H]3O[C@@H](n4cnc5c(N)ncnc54)[C@H](O)[C@@H]3O)[C@@H](O)[C@H]2O)c1.NC(=O)c1ccc[n+]([C@@H]2O[C@H](COP(=O)([O-])OP(=O)(O)OC[C@H]3O[C@@H](n4cnc5c(N)ncnc54)[C@H](O)[C@@H]3O)[C@@H](O)[C@H]2O)c1.[Cl-]. The quantitative estimate of drug-likeness (QED) is 0.0169. The van der Waals surface area contributed by atoms with Crippen molar-refractivity contribution in [1.82, 2.24) is 53.6 Å². The number of aromatic amines is 1. The smallest absolute Gasteiger partial charge is 0.478 e. The molecule has 0 saturated carbocycles. The van der Waals surface area contributed by atoms with E-state index >= 15 is 0 Å². The average molecular weight is 1750 g/mol. The van der Waals surface area contributed by atoms with E-state index in [0.717, 1.165) is 25.0 Å².